The fraction of sp³-hybridized carbons (Fsp3) is 0.231. The van der Waals surface area contributed by atoms with Gasteiger partial charge in [0.15, 0.2) is 0 Å². The molecule has 2 N–H and O–H groups in total. The minimum Gasteiger partial charge on any atom is -0.508 e. The summed E-state index contributed by atoms with van der Waals surface area (Å²) in [6.07, 6.45) is 0.276. The Morgan fingerprint density at radius 2 is 2.22 bits per heavy atom. The van der Waals surface area contributed by atoms with Crippen molar-refractivity contribution in [3.05, 3.63) is 45.9 Å². The number of benzene rings is 1. The molecule has 2 aromatic rings. The number of thiazole rings is 1. The molecular weight excluding hydrogens is 248 g/mol. The molecule has 18 heavy (non-hydrogen) atoms. The van der Waals surface area contributed by atoms with Gasteiger partial charge in [-0.05, 0) is 13.0 Å². The highest BCUT2D eigenvalue weighted by Gasteiger charge is 2.07. The Kier molecular flexibility index (Phi) is 3.94. The Morgan fingerprint density at radius 1 is 1.44 bits per heavy atom. The van der Waals surface area contributed by atoms with Crippen LogP contribution in [0.15, 0.2) is 29.6 Å². The molecule has 0 radical (unpaired) electrons. The number of carbonyl (C=O) groups is 1. The summed E-state index contributed by atoms with van der Waals surface area (Å²) < 4.78 is 0. The van der Waals surface area contributed by atoms with Gasteiger partial charge < -0.3 is 10.4 Å². The number of aromatic hydroxyl groups is 1. The summed E-state index contributed by atoms with van der Waals surface area (Å²) in [4.78, 5) is 15.9. The first kappa shape index (κ1) is 12.6. The van der Waals surface area contributed by atoms with Crippen LogP contribution in [0.2, 0.25) is 0 Å². The molecule has 0 saturated carbocycles. The van der Waals surface area contributed by atoms with Crippen molar-refractivity contribution in [1.82, 2.24) is 10.3 Å². The van der Waals surface area contributed by atoms with Gasteiger partial charge in [-0.1, -0.05) is 18.2 Å². The van der Waals surface area contributed by atoms with E-state index in [-0.39, 0.29) is 18.1 Å². The van der Waals surface area contributed by atoms with Crippen molar-refractivity contribution in [3.63, 3.8) is 0 Å². The molecule has 0 unspecified atom stereocenters. The van der Waals surface area contributed by atoms with Crippen LogP contribution in [0.25, 0.3) is 0 Å². The molecule has 0 aliphatic carbocycles. The van der Waals surface area contributed by atoms with Gasteiger partial charge in [0.25, 0.3) is 0 Å². The molecule has 0 fully saturated rings. The van der Waals surface area contributed by atoms with Gasteiger partial charge in [0.2, 0.25) is 5.91 Å². The fourth-order valence-corrected chi connectivity index (χ4v) is 2.18. The number of aryl methyl sites for hydroxylation is 1. The van der Waals surface area contributed by atoms with Gasteiger partial charge in [0, 0.05) is 17.5 Å². The van der Waals surface area contributed by atoms with Gasteiger partial charge in [0.1, 0.15) is 5.75 Å². The lowest BCUT2D eigenvalue weighted by Crippen LogP contribution is -2.24. The summed E-state index contributed by atoms with van der Waals surface area (Å²) in [5.74, 6) is 0.103. The van der Waals surface area contributed by atoms with E-state index in [2.05, 4.69) is 10.3 Å². The molecule has 1 heterocycles. The average Bonchev–Trinajstić information content (AvgIpc) is 2.74. The molecule has 0 aliphatic heterocycles. The van der Waals surface area contributed by atoms with Gasteiger partial charge in [-0.3, -0.25) is 4.79 Å². The Labute approximate surface area is 109 Å². The highest BCUT2D eigenvalue weighted by atomic mass is 32.1. The van der Waals surface area contributed by atoms with Crippen molar-refractivity contribution < 1.29 is 9.90 Å². The topological polar surface area (TPSA) is 62.2 Å². The molecule has 5 heteroatoms. The molecule has 1 amide bonds. The van der Waals surface area contributed by atoms with Crippen molar-refractivity contribution in [2.75, 3.05) is 0 Å². The predicted molar refractivity (Wildman–Crippen MR) is 70.5 cm³/mol. The lowest BCUT2D eigenvalue weighted by atomic mass is 10.2. The second-order valence-corrected chi connectivity index (χ2v) is 5.00. The highest BCUT2D eigenvalue weighted by molar-refractivity contribution is 7.09. The molecule has 0 bridgehead atoms. The SMILES string of the molecule is Cc1nc(CC(=O)NCc2ccccc2O)cs1. The number of phenolic OH excluding ortho intramolecular Hbond substituents is 1. The molecule has 0 spiro atoms. The number of para-hydroxylation sites is 1. The maximum atomic E-state index is 11.7. The largest absolute Gasteiger partial charge is 0.508 e. The van der Waals surface area contributed by atoms with Crippen LogP contribution in [-0.2, 0) is 17.8 Å². The molecule has 1 aromatic heterocycles. The molecule has 0 aliphatic rings. The van der Waals surface area contributed by atoms with Crippen LogP contribution < -0.4 is 5.32 Å². The van der Waals surface area contributed by atoms with Gasteiger partial charge in [-0.15, -0.1) is 11.3 Å². The van der Waals surface area contributed by atoms with Crippen LogP contribution in [-0.4, -0.2) is 16.0 Å². The monoisotopic (exact) mass is 262 g/mol. The van der Waals surface area contributed by atoms with Crippen molar-refractivity contribution >= 4 is 17.2 Å². The molecule has 2 rings (SSSR count). The Bertz CT molecular complexity index is 551. The van der Waals surface area contributed by atoms with Crippen LogP contribution in [0.1, 0.15) is 16.3 Å². The van der Waals surface area contributed by atoms with Gasteiger partial charge in [0.05, 0.1) is 17.1 Å². The third-order valence-electron chi connectivity index (χ3n) is 2.48. The van der Waals surface area contributed by atoms with Crippen LogP contribution in [0.4, 0.5) is 0 Å². The number of amides is 1. The van der Waals surface area contributed by atoms with Crippen LogP contribution in [0.3, 0.4) is 0 Å². The minimum absolute atomic E-state index is 0.0939. The van der Waals surface area contributed by atoms with Crippen molar-refractivity contribution in [2.45, 2.75) is 19.9 Å². The minimum atomic E-state index is -0.0939. The smallest absolute Gasteiger partial charge is 0.226 e. The molecule has 0 atom stereocenters. The molecule has 4 nitrogen and oxygen atoms in total. The Balaban J connectivity index is 1.87. The van der Waals surface area contributed by atoms with E-state index in [0.29, 0.717) is 12.1 Å². The summed E-state index contributed by atoms with van der Waals surface area (Å²) in [7, 11) is 0. The first-order valence-electron chi connectivity index (χ1n) is 5.60. The fourth-order valence-electron chi connectivity index (χ4n) is 1.57. The Morgan fingerprint density at radius 3 is 2.89 bits per heavy atom. The number of aromatic nitrogens is 1. The van der Waals surface area contributed by atoms with E-state index < -0.39 is 0 Å². The van der Waals surface area contributed by atoms with E-state index in [1.807, 2.05) is 18.4 Å². The number of phenols is 1. The van der Waals surface area contributed by atoms with Gasteiger partial charge in [-0.25, -0.2) is 4.98 Å². The zero-order valence-electron chi connectivity index (χ0n) is 10.0. The number of rotatable bonds is 4. The number of nitrogens with one attached hydrogen (secondary N) is 1. The highest BCUT2D eigenvalue weighted by Crippen LogP contribution is 2.15. The second-order valence-electron chi connectivity index (χ2n) is 3.94. The standard InChI is InChI=1S/C13H14N2O2S/c1-9-15-11(8-18-9)6-13(17)14-7-10-4-2-3-5-12(10)16/h2-5,8,16H,6-7H2,1H3,(H,14,17). The van der Waals surface area contributed by atoms with E-state index in [1.165, 1.54) is 11.3 Å². The summed E-state index contributed by atoms with van der Waals surface area (Å²) in [6.45, 7) is 2.24. The van der Waals surface area contributed by atoms with E-state index in [1.54, 1.807) is 18.2 Å². The van der Waals surface area contributed by atoms with Crippen LogP contribution >= 0.6 is 11.3 Å². The maximum absolute atomic E-state index is 11.7. The van der Waals surface area contributed by atoms with E-state index in [4.69, 9.17) is 0 Å². The van der Waals surface area contributed by atoms with E-state index >= 15 is 0 Å². The quantitative estimate of drug-likeness (QED) is 0.886. The first-order valence-corrected chi connectivity index (χ1v) is 6.47. The molecule has 0 saturated heterocycles. The third-order valence-corrected chi connectivity index (χ3v) is 3.30. The number of nitrogens with zero attached hydrogens (tertiary/aromatic N) is 1. The summed E-state index contributed by atoms with van der Waals surface area (Å²) in [5.41, 5.74) is 1.49. The van der Waals surface area contributed by atoms with E-state index in [9.17, 15) is 9.90 Å². The van der Waals surface area contributed by atoms with Crippen molar-refractivity contribution in [1.29, 1.82) is 0 Å². The zero-order chi connectivity index (χ0) is 13.0. The van der Waals surface area contributed by atoms with Crippen molar-refractivity contribution in [2.24, 2.45) is 0 Å². The second kappa shape index (κ2) is 5.64. The average molecular weight is 262 g/mol. The van der Waals surface area contributed by atoms with Crippen LogP contribution in [0, 0.1) is 6.92 Å². The van der Waals surface area contributed by atoms with E-state index in [0.717, 1.165) is 10.7 Å². The number of hydrogen-bond donors (Lipinski definition) is 2. The third kappa shape index (κ3) is 3.30. The number of hydrogen-bond acceptors (Lipinski definition) is 4. The zero-order valence-corrected chi connectivity index (χ0v) is 10.8. The summed E-state index contributed by atoms with van der Waals surface area (Å²) in [6, 6.07) is 6.96. The lowest BCUT2D eigenvalue weighted by Gasteiger charge is -2.05. The van der Waals surface area contributed by atoms with Crippen LogP contribution in [0.5, 0.6) is 5.75 Å². The normalized spacial score (nSPS) is 10.3. The molecule has 1 aromatic carbocycles. The predicted octanol–water partition coefficient (Wildman–Crippen LogP) is 2.02. The summed E-state index contributed by atoms with van der Waals surface area (Å²) >= 11 is 1.53. The molecule has 94 valence electrons. The Hall–Kier alpha value is -1.88. The van der Waals surface area contributed by atoms with Crippen molar-refractivity contribution in [3.8, 4) is 5.75 Å². The van der Waals surface area contributed by atoms with Gasteiger partial charge in [-0.2, -0.15) is 0 Å². The van der Waals surface area contributed by atoms with Gasteiger partial charge >= 0.3 is 0 Å². The first-order chi connectivity index (χ1) is 8.65. The lowest BCUT2D eigenvalue weighted by molar-refractivity contribution is -0.120. The molecular formula is C13H14N2O2S. The summed E-state index contributed by atoms with van der Waals surface area (Å²) in [5, 5.41) is 15.2. The maximum Gasteiger partial charge on any atom is 0.226 e. The number of carbonyl (C=O) groups excluding carboxylic acids is 1.